The van der Waals surface area contributed by atoms with Crippen molar-refractivity contribution in [3.63, 3.8) is 0 Å². The lowest BCUT2D eigenvalue weighted by atomic mass is 10.1. The van der Waals surface area contributed by atoms with Crippen molar-refractivity contribution < 1.29 is 4.74 Å². The van der Waals surface area contributed by atoms with E-state index in [9.17, 15) is 0 Å². The van der Waals surface area contributed by atoms with Crippen LogP contribution in [0.15, 0.2) is 47.8 Å². The van der Waals surface area contributed by atoms with Gasteiger partial charge in [-0.15, -0.1) is 16.4 Å². The first kappa shape index (κ1) is 16.4. The lowest BCUT2D eigenvalue weighted by molar-refractivity contribution is 0.0222. The zero-order chi connectivity index (χ0) is 16.9. The quantitative estimate of drug-likeness (QED) is 0.680. The van der Waals surface area contributed by atoms with Crippen LogP contribution in [0.4, 0.5) is 0 Å². The second-order valence-corrected chi connectivity index (χ2v) is 7.04. The molecule has 1 saturated heterocycles. The summed E-state index contributed by atoms with van der Waals surface area (Å²) in [6.45, 7) is 4.09. The van der Waals surface area contributed by atoms with Gasteiger partial charge in [0.05, 0.1) is 13.2 Å². The maximum atomic E-state index is 5.52. The number of rotatable bonds is 6. The van der Waals surface area contributed by atoms with Crippen LogP contribution in [-0.2, 0) is 17.7 Å². The summed E-state index contributed by atoms with van der Waals surface area (Å²) in [5.41, 5.74) is 1.29. The summed E-state index contributed by atoms with van der Waals surface area (Å²) in [5, 5.41) is 14.7. The number of morpholine rings is 1. The van der Waals surface area contributed by atoms with Gasteiger partial charge in [0.2, 0.25) is 0 Å². The van der Waals surface area contributed by atoms with Crippen LogP contribution < -0.4 is 0 Å². The molecule has 3 aromatic rings. The molecule has 0 spiro atoms. The van der Waals surface area contributed by atoms with Crippen molar-refractivity contribution >= 4 is 11.3 Å². The number of hydrogen-bond acceptors (Lipinski definition) is 6. The fourth-order valence-corrected chi connectivity index (χ4v) is 4.05. The van der Waals surface area contributed by atoms with Gasteiger partial charge in [-0.05, 0) is 33.9 Å². The Morgan fingerprint density at radius 3 is 2.68 bits per heavy atom. The molecule has 1 aliphatic heterocycles. The van der Waals surface area contributed by atoms with Crippen LogP contribution in [0.25, 0.3) is 0 Å². The molecule has 6 nitrogen and oxygen atoms in total. The van der Waals surface area contributed by atoms with Gasteiger partial charge >= 0.3 is 0 Å². The van der Waals surface area contributed by atoms with Crippen LogP contribution in [0.2, 0.25) is 0 Å². The molecule has 0 N–H and O–H groups in total. The van der Waals surface area contributed by atoms with E-state index in [1.165, 1.54) is 10.4 Å². The average Bonchev–Trinajstić information content (AvgIpc) is 3.35. The maximum absolute atomic E-state index is 5.52. The molecule has 0 amide bonds. The normalized spacial score (nSPS) is 16.8. The van der Waals surface area contributed by atoms with Gasteiger partial charge in [0.25, 0.3) is 0 Å². The second-order valence-electron chi connectivity index (χ2n) is 6.06. The highest BCUT2D eigenvalue weighted by Gasteiger charge is 2.29. The monoisotopic (exact) mass is 355 g/mol. The Hall–Kier alpha value is -2.09. The summed E-state index contributed by atoms with van der Waals surface area (Å²) in [4.78, 5) is 3.69. The van der Waals surface area contributed by atoms with E-state index in [1.54, 1.807) is 11.3 Å². The standard InChI is InChI=1S/C18H21N5OS/c1-2-5-15(6-3-1)8-9-23-18(19-20-21-23)17(16-7-4-14-25-16)22-10-12-24-13-11-22/h1-7,14,17H,8-13H2/t17-/m1/s1. The van der Waals surface area contributed by atoms with Crippen molar-refractivity contribution in [3.8, 4) is 0 Å². The first-order chi connectivity index (χ1) is 12.4. The first-order valence-corrected chi connectivity index (χ1v) is 9.45. The van der Waals surface area contributed by atoms with Crippen molar-refractivity contribution in [2.45, 2.75) is 19.0 Å². The van der Waals surface area contributed by atoms with Gasteiger partial charge in [0.1, 0.15) is 6.04 Å². The fraction of sp³-hybridized carbons (Fsp3) is 0.389. The minimum absolute atomic E-state index is 0.0923. The van der Waals surface area contributed by atoms with E-state index in [4.69, 9.17) is 4.74 Å². The van der Waals surface area contributed by atoms with Crippen LogP contribution in [0, 0.1) is 0 Å². The fourth-order valence-electron chi connectivity index (χ4n) is 3.20. The summed E-state index contributed by atoms with van der Waals surface area (Å²) in [7, 11) is 0. The maximum Gasteiger partial charge on any atom is 0.173 e. The third-order valence-electron chi connectivity index (χ3n) is 4.48. The summed E-state index contributed by atoms with van der Waals surface area (Å²) in [6.07, 6.45) is 0.916. The number of thiophene rings is 1. The summed E-state index contributed by atoms with van der Waals surface area (Å²) in [6, 6.07) is 14.8. The molecule has 0 saturated carbocycles. The first-order valence-electron chi connectivity index (χ1n) is 8.57. The molecule has 2 aromatic heterocycles. The Balaban J connectivity index is 1.58. The van der Waals surface area contributed by atoms with Crippen LogP contribution in [0.5, 0.6) is 0 Å². The number of nitrogens with zero attached hydrogens (tertiary/aromatic N) is 5. The molecular weight excluding hydrogens is 334 g/mol. The van der Waals surface area contributed by atoms with E-state index < -0.39 is 0 Å². The molecular formula is C18H21N5OS. The third kappa shape index (κ3) is 3.78. The molecule has 0 unspecified atom stereocenters. The zero-order valence-corrected chi connectivity index (χ0v) is 14.8. The summed E-state index contributed by atoms with van der Waals surface area (Å²) >= 11 is 1.75. The third-order valence-corrected chi connectivity index (χ3v) is 5.41. The van der Waals surface area contributed by atoms with Gasteiger partial charge in [0.15, 0.2) is 5.82 Å². The number of hydrogen-bond donors (Lipinski definition) is 0. The van der Waals surface area contributed by atoms with Crippen LogP contribution in [0.1, 0.15) is 22.3 Å². The van der Waals surface area contributed by atoms with Crippen LogP contribution in [0.3, 0.4) is 0 Å². The van der Waals surface area contributed by atoms with Crippen molar-refractivity contribution in [1.29, 1.82) is 0 Å². The Labute approximate surface area is 151 Å². The minimum atomic E-state index is 0.0923. The van der Waals surface area contributed by atoms with Crippen LogP contribution in [-0.4, -0.2) is 51.4 Å². The molecule has 1 fully saturated rings. The predicted molar refractivity (Wildman–Crippen MR) is 96.5 cm³/mol. The molecule has 7 heteroatoms. The predicted octanol–water partition coefficient (Wildman–Crippen LogP) is 2.40. The molecule has 3 heterocycles. The van der Waals surface area contributed by atoms with E-state index in [0.29, 0.717) is 0 Å². The van der Waals surface area contributed by atoms with E-state index in [0.717, 1.165) is 45.1 Å². The highest BCUT2D eigenvalue weighted by atomic mass is 32.1. The van der Waals surface area contributed by atoms with E-state index >= 15 is 0 Å². The number of aryl methyl sites for hydroxylation is 2. The zero-order valence-electron chi connectivity index (χ0n) is 14.0. The molecule has 130 valence electrons. The average molecular weight is 355 g/mol. The molecule has 0 radical (unpaired) electrons. The van der Waals surface area contributed by atoms with E-state index in [-0.39, 0.29) is 6.04 Å². The highest BCUT2D eigenvalue weighted by Crippen LogP contribution is 2.30. The topological polar surface area (TPSA) is 56.1 Å². The largest absolute Gasteiger partial charge is 0.379 e. The molecule has 25 heavy (non-hydrogen) atoms. The Morgan fingerprint density at radius 1 is 1.08 bits per heavy atom. The summed E-state index contributed by atoms with van der Waals surface area (Å²) in [5.74, 6) is 0.917. The van der Waals surface area contributed by atoms with Crippen molar-refractivity contribution in [1.82, 2.24) is 25.1 Å². The molecule has 0 bridgehead atoms. The van der Waals surface area contributed by atoms with Gasteiger partial charge in [-0.2, -0.15) is 0 Å². The number of tetrazole rings is 1. The second kappa shape index (κ2) is 7.86. The lowest BCUT2D eigenvalue weighted by Gasteiger charge is -2.33. The van der Waals surface area contributed by atoms with Gasteiger partial charge in [-0.3, -0.25) is 4.90 Å². The Kier molecular flexibility index (Phi) is 5.15. The van der Waals surface area contributed by atoms with E-state index in [1.807, 2.05) is 10.7 Å². The number of benzene rings is 1. The van der Waals surface area contributed by atoms with E-state index in [2.05, 4.69) is 62.2 Å². The highest BCUT2D eigenvalue weighted by molar-refractivity contribution is 7.10. The summed E-state index contributed by atoms with van der Waals surface area (Å²) < 4.78 is 7.47. The molecule has 0 aliphatic carbocycles. The Bertz CT molecular complexity index is 768. The Morgan fingerprint density at radius 2 is 1.92 bits per heavy atom. The van der Waals surface area contributed by atoms with Crippen LogP contribution >= 0.6 is 11.3 Å². The van der Waals surface area contributed by atoms with Gasteiger partial charge in [-0.1, -0.05) is 36.4 Å². The van der Waals surface area contributed by atoms with Gasteiger partial charge < -0.3 is 4.74 Å². The van der Waals surface area contributed by atoms with Gasteiger partial charge in [0, 0.05) is 24.5 Å². The smallest absolute Gasteiger partial charge is 0.173 e. The molecule has 1 aromatic carbocycles. The molecule has 1 aliphatic rings. The lowest BCUT2D eigenvalue weighted by Crippen LogP contribution is -2.40. The molecule has 4 rings (SSSR count). The number of ether oxygens (including phenoxy) is 1. The van der Waals surface area contributed by atoms with Crippen molar-refractivity contribution in [3.05, 3.63) is 64.1 Å². The molecule has 1 atom stereocenters. The minimum Gasteiger partial charge on any atom is -0.379 e. The van der Waals surface area contributed by atoms with Crippen molar-refractivity contribution in [2.24, 2.45) is 0 Å². The van der Waals surface area contributed by atoms with Gasteiger partial charge in [-0.25, -0.2) is 4.68 Å². The number of aromatic nitrogens is 4. The van der Waals surface area contributed by atoms with Crippen molar-refractivity contribution in [2.75, 3.05) is 26.3 Å². The SMILES string of the molecule is c1ccc(CCn2nnnc2[C@@H](c2cccs2)N2CCOCC2)cc1.